The summed E-state index contributed by atoms with van der Waals surface area (Å²) in [5.41, 5.74) is 0.401. The van der Waals surface area contributed by atoms with Gasteiger partial charge in [-0.25, -0.2) is 0 Å². The van der Waals surface area contributed by atoms with Gasteiger partial charge < -0.3 is 10.2 Å². The van der Waals surface area contributed by atoms with E-state index < -0.39 is 5.97 Å². The lowest BCUT2D eigenvalue weighted by molar-refractivity contribution is -0.160. The number of carbonyl (C=O) groups is 2. The van der Waals surface area contributed by atoms with Crippen LogP contribution < -0.4 is 0 Å². The molecule has 0 unspecified atom stereocenters. The SMILES string of the molecule is C[C@@H](CCC(=O)O)[C@H]1CC[C@H]2[C@H]3C(=O)C[C@@H]4C[C@H](O)CC[C@]4(C)[C@H]3CC[C@]12C. The number of hydrogen-bond acceptors (Lipinski definition) is 3. The Balaban J connectivity index is 1.56. The molecule has 0 heterocycles. The summed E-state index contributed by atoms with van der Waals surface area (Å²) >= 11 is 0. The molecule has 4 aliphatic carbocycles. The molecule has 0 bridgehead atoms. The second kappa shape index (κ2) is 7.11. The Bertz CT molecular complexity index is 645. The zero-order chi connectivity index (χ0) is 20.3. The fourth-order valence-electron chi connectivity index (χ4n) is 8.44. The number of ketones is 1. The van der Waals surface area contributed by atoms with E-state index >= 15 is 0 Å². The molecule has 9 atom stereocenters. The Morgan fingerprint density at radius 3 is 2.50 bits per heavy atom. The van der Waals surface area contributed by atoms with Crippen molar-refractivity contribution < 1.29 is 19.8 Å². The van der Waals surface area contributed by atoms with Crippen LogP contribution in [0.25, 0.3) is 0 Å². The maximum atomic E-state index is 13.3. The number of carboxylic acids is 1. The normalized spacial score (nSPS) is 49.1. The zero-order valence-electron chi connectivity index (χ0n) is 17.8. The predicted molar refractivity (Wildman–Crippen MR) is 108 cm³/mol. The summed E-state index contributed by atoms with van der Waals surface area (Å²) in [6.45, 7) is 7.06. The van der Waals surface area contributed by atoms with Crippen molar-refractivity contribution in [3.05, 3.63) is 0 Å². The number of carbonyl (C=O) groups excluding carboxylic acids is 1. The van der Waals surface area contributed by atoms with Gasteiger partial charge in [-0.2, -0.15) is 0 Å². The van der Waals surface area contributed by atoms with E-state index in [0.29, 0.717) is 41.8 Å². The summed E-state index contributed by atoms with van der Waals surface area (Å²) < 4.78 is 0. The minimum absolute atomic E-state index is 0.187. The maximum Gasteiger partial charge on any atom is 0.303 e. The number of carboxylic acid groups (broad SMARTS) is 1. The molecule has 0 aromatic heterocycles. The second-order valence-electron chi connectivity index (χ2n) is 11.2. The average molecular weight is 391 g/mol. The van der Waals surface area contributed by atoms with E-state index in [1.165, 1.54) is 6.42 Å². The molecular formula is C24H38O4. The highest BCUT2D eigenvalue weighted by molar-refractivity contribution is 5.83. The number of aliphatic hydroxyl groups excluding tert-OH is 1. The molecule has 0 saturated heterocycles. The minimum Gasteiger partial charge on any atom is -0.481 e. The third-order valence-electron chi connectivity index (χ3n) is 10.0. The molecule has 4 heteroatoms. The van der Waals surface area contributed by atoms with Gasteiger partial charge in [0.25, 0.3) is 0 Å². The maximum absolute atomic E-state index is 13.3. The number of rotatable bonds is 4. The topological polar surface area (TPSA) is 74.6 Å². The standard InChI is InChI=1S/C24H38O4/c1-14(4-7-21(27)28)17-5-6-18-22-19(9-11-24(17,18)3)23(2)10-8-16(25)12-15(23)13-20(22)26/h14-19,22,25H,4-13H2,1-3H3,(H,27,28)/t14-,15-,16+,17+,18-,19-,22+,23-,24+/m0/s1. The van der Waals surface area contributed by atoms with Gasteiger partial charge in [0.05, 0.1) is 6.10 Å². The number of aliphatic hydroxyl groups is 1. The molecule has 2 N–H and O–H groups in total. The Hall–Kier alpha value is -0.900. The minimum atomic E-state index is -0.698. The van der Waals surface area contributed by atoms with E-state index in [1.54, 1.807) is 0 Å². The van der Waals surface area contributed by atoms with Crippen LogP contribution in [-0.2, 0) is 9.59 Å². The third-order valence-corrected chi connectivity index (χ3v) is 10.0. The van der Waals surface area contributed by atoms with Crippen molar-refractivity contribution in [1.82, 2.24) is 0 Å². The van der Waals surface area contributed by atoms with Crippen LogP contribution in [0.3, 0.4) is 0 Å². The lowest BCUT2D eigenvalue weighted by atomic mass is 9.44. The Morgan fingerprint density at radius 2 is 1.79 bits per heavy atom. The van der Waals surface area contributed by atoms with Crippen molar-refractivity contribution in [2.75, 3.05) is 0 Å². The number of Topliss-reactive ketones (excluding diaryl/α,β-unsaturated/α-hetero) is 1. The highest BCUT2D eigenvalue weighted by Gasteiger charge is 2.62. The molecule has 0 amide bonds. The molecule has 4 saturated carbocycles. The van der Waals surface area contributed by atoms with Gasteiger partial charge in [-0.15, -0.1) is 0 Å². The van der Waals surface area contributed by atoms with Crippen molar-refractivity contribution in [1.29, 1.82) is 0 Å². The van der Waals surface area contributed by atoms with Crippen LogP contribution in [0, 0.1) is 46.3 Å². The third kappa shape index (κ3) is 3.05. The van der Waals surface area contributed by atoms with Gasteiger partial charge in [0.2, 0.25) is 0 Å². The molecule has 4 aliphatic rings. The monoisotopic (exact) mass is 390 g/mol. The zero-order valence-corrected chi connectivity index (χ0v) is 17.8. The van der Waals surface area contributed by atoms with Crippen LogP contribution in [0.1, 0.15) is 85.0 Å². The number of fused-ring (bicyclic) bond motifs is 5. The lowest BCUT2D eigenvalue weighted by Crippen LogP contribution is -2.57. The van der Waals surface area contributed by atoms with E-state index in [2.05, 4.69) is 20.8 Å². The molecule has 0 radical (unpaired) electrons. The van der Waals surface area contributed by atoms with Crippen LogP contribution >= 0.6 is 0 Å². The van der Waals surface area contributed by atoms with Crippen LogP contribution in [-0.4, -0.2) is 28.1 Å². The van der Waals surface area contributed by atoms with Crippen molar-refractivity contribution in [2.24, 2.45) is 46.3 Å². The molecule has 0 spiro atoms. The average Bonchev–Trinajstić information content (AvgIpc) is 2.98. The van der Waals surface area contributed by atoms with Crippen molar-refractivity contribution in [3.8, 4) is 0 Å². The summed E-state index contributed by atoms with van der Waals surface area (Å²) in [5, 5.41) is 19.3. The van der Waals surface area contributed by atoms with Crippen molar-refractivity contribution >= 4 is 11.8 Å². The van der Waals surface area contributed by atoms with E-state index in [-0.39, 0.29) is 29.3 Å². The molecule has 4 fully saturated rings. The Labute approximate surface area is 169 Å². The van der Waals surface area contributed by atoms with Gasteiger partial charge in [0.1, 0.15) is 5.78 Å². The highest BCUT2D eigenvalue weighted by Crippen LogP contribution is 2.67. The van der Waals surface area contributed by atoms with Crippen LogP contribution in [0.5, 0.6) is 0 Å². The molecule has 0 aromatic rings. The highest BCUT2D eigenvalue weighted by atomic mass is 16.4. The van der Waals surface area contributed by atoms with E-state index in [4.69, 9.17) is 5.11 Å². The van der Waals surface area contributed by atoms with Crippen LogP contribution in [0.15, 0.2) is 0 Å². The molecule has 4 nitrogen and oxygen atoms in total. The second-order valence-corrected chi connectivity index (χ2v) is 11.2. The lowest BCUT2D eigenvalue weighted by Gasteiger charge is -2.60. The van der Waals surface area contributed by atoms with Gasteiger partial charge in [-0.1, -0.05) is 20.8 Å². The fourth-order valence-corrected chi connectivity index (χ4v) is 8.44. The molecule has 158 valence electrons. The fraction of sp³-hybridized carbons (Fsp3) is 0.917. The van der Waals surface area contributed by atoms with Gasteiger partial charge in [0, 0.05) is 18.8 Å². The van der Waals surface area contributed by atoms with Gasteiger partial charge >= 0.3 is 5.97 Å². The molecule has 4 rings (SSSR count). The van der Waals surface area contributed by atoms with E-state index in [1.807, 2.05) is 0 Å². The quantitative estimate of drug-likeness (QED) is 0.730. The predicted octanol–water partition coefficient (Wildman–Crippen LogP) is 4.69. The first-order chi connectivity index (χ1) is 13.2. The van der Waals surface area contributed by atoms with E-state index in [0.717, 1.165) is 44.9 Å². The summed E-state index contributed by atoms with van der Waals surface area (Å²) in [6, 6.07) is 0. The molecular weight excluding hydrogens is 352 g/mol. The Kier molecular flexibility index (Phi) is 5.17. The summed E-state index contributed by atoms with van der Waals surface area (Å²) in [5.74, 6) is 2.25. The molecule has 0 aromatic carbocycles. The van der Waals surface area contributed by atoms with Crippen molar-refractivity contribution in [3.63, 3.8) is 0 Å². The molecule has 0 aliphatic heterocycles. The van der Waals surface area contributed by atoms with Gasteiger partial charge in [0.15, 0.2) is 0 Å². The first-order valence-electron chi connectivity index (χ1n) is 11.6. The molecule has 28 heavy (non-hydrogen) atoms. The first kappa shape index (κ1) is 20.4. The van der Waals surface area contributed by atoms with Crippen molar-refractivity contribution in [2.45, 2.75) is 91.1 Å². The van der Waals surface area contributed by atoms with Gasteiger partial charge in [-0.3, -0.25) is 9.59 Å². The summed E-state index contributed by atoms with van der Waals surface area (Å²) in [6.07, 6.45) is 8.81. The van der Waals surface area contributed by atoms with Gasteiger partial charge in [-0.05, 0) is 91.8 Å². The smallest absolute Gasteiger partial charge is 0.303 e. The largest absolute Gasteiger partial charge is 0.481 e. The first-order valence-corrected chi connectivity index (χ1v) is 11.6. The summed E-state index contributed by atoms with van der Waals surface area (Å²) in [7, 11) is 0. The van der Waals surface area contributed by atoms with Crippen LogP contribution in [0.4, 0.5) is 0 Å². The number of aliphatic carboxylic acids is 1. The number of hydrogen-bond donors (Lipinski definition) is 2. The summed E-state index contributed by atoms with van der Waals surface area (Å²) in [4.78, 5) is 24.4. The van der Waals surface area contributed by atoms with E-state index in [9.17, 15) is 14.7 Å². The Morgan fingerprint density at radius 1 is 1.11 bits per heavy atom. The van der Waals surface area contributed by atoms with Crippen LogP contribution in [0.2, 0.25) is 0 Å².